The van der Waals surface area contributed by atoms with Crippen molar-refractivity contribution in [3.8, 4) is 0 Å². The Morgan fingerprint density at radius 2 is 2.25 bits per heavy atom. The summed E-state index contributed by atoms with van der Waals surface area (Å²) in [6.07, 6.45) is 1.63. The molecule has 86 valence electrons. The highest BCUT2D eigenvalue weighted by atomic mass is 35.5. The topological polar surface area (TPSA) is 85.0 Å². The first-order valence-corrected chi connectivity index (χ1v) is 5.40. The second-order valence-electron chi connectivity index (χ2n) is 3.71. The number of amides is 1. The van der Waals surface area contributed by atoms with Crippen LogP contribution in [0.2, 0.25) is 5.28 Å². The summed E-state index contributed by atoms with van der Waals surface area (Å²) in [5.74, 6) is 0.607. The number of nitrogens with two attached hydrogens (primary N) is 1. The number of aryl methyl sites for hydroxylation is 1. The SMILES string of the molecule is Cc1nc(Cl)nc(N2CCCC2C(N)=O)n1. The van der Waals surface area contributed by atoms with E-state index < -0.39 is 0 Å². The van der Waals surface area contributed by atoms with E-state index in [0.717, 1.165) is 12.8 Å². The van der Waals surface area contributed by atoms with Gasteiger partial charge in [-0.3, -0.25) is 4.79 Å². The Morgan fingerprint density at radius 1 is 1.50 bits per heavy atom. The fraction of sp³-hybridized carbons (Fsp3) is 0.556. The Balaban J connectivity index is 2.32. The van der Waals surface area contributed by atoms with Gasteiger partial charge in [0.1, 0.15) is 11.9 Å². The molecule has 0 bridgehead atoms. The Labute approximate surface area is 97.8 Å². The van der Waals surface area contributed by atoms with Gasteiger partial charge in [0.15, 0.2) is 0 Å². The summed E-state index contributed by atoms with van der Waals surface area (Å²) in [7, 11) is 0. The van der Waals surface area contributed by atoms with E-state index in [-0.39, 0.29) is 17.2 Å². The molecule has 1 atom stereocenters. The molecule has 0 radical (unpaired) electrons. The fourth-order valence-corrected chi connectivity index (χ4v) is 2.06. The molecule has 7 heteroatoms. The zero-order valence-corrected chi connectivity index (χ0v) is 9.61. The average molecular weight is 242 g/mol. The number of hydrogen-bond donors (Lipinski definition) is 1. The van der Waals surface area contributed by atoms with Crippen LogP contribution in [0.1, 0.15) is 18.7 Å². The molecular formula is C9H12ClN5O. The Kier molecular flexibility index (Phi) is 2.91. The molecule has 2 rings (SSSR count). The van der Waals surface area contributed by atoms with Crippen molar-refractivity contribution in [1.82, 2.24) is 15.0 Å². The lowest BCUT2D eigenvalue weighted by molar-refractivity contribution is -0.119. The van der Waals surface area contributed by atoms with E-state index in [9.17, 15) is 4.79 Å². The molecule has 0 spiro atoms. The van der Waals surface area contributed by atoms with Gasteiger partial charge < -0.3 is 10.6 Å². The number of carbonyl (C=O) groups excluding carboxylic acids is 1. The van der Waals surface area contributed by atoms with Gasteiger partial charge >= 0.3 is 0 Å². The van der Waals surface area contributed by atoms with Crippen LogP contribution in [0.3, 0.4) is 0 Å². The van der Waals surface area contributed by atoms with E-state index in [1.54, 1.807) is 11.8 Å². The molecule has 0 saturated carbocycles. The maximum atomic E-state index is 11.2. The highest BCUT2D eigenvalue weighted by Gasteiger charge is 2.31. The molecule has 6 nitrogen and oxygen atoms in total. The van der Waals surface area contributed by atoms with Crippen molar-refractivity contribution < 1.29 is 4.79 Å². The third-order valence-corrected chi connectivity index (χ3v) is 2.72. The van der Waals surface area contributed by atoms with Gasteiger partial charge in [0.05, 0.1) is 0 Å². The third kappa shape index (κ3) is 2.06. The predicted molar refractivity (Wildman–Crippen MR) is 59.1 cm³/mol. The summed E-state index contributed by atoms with van der Waals surface area (Å²) < 4.78 is 0. The Bertz CT molecular complexity index is 404. The van der Waals surface area contributed by atoms with Gasteiger partial charge in [0.2, 0.25) is 17.1 Å². The minimum absolute atomic E-state index is 0.137. The van der Waals surface area contributed by atoms with E-state index in [2.05, 4.69) is 15.0 Å². The van der Waals surface area contributed by atoms with Gasteiger partial charge in [-0.15, -0.1) is 0 Å². The van der Waals surface area contributed by atoms with Crippen LogP contribution in [0.5, 0.6) is 0 Å². The summed E-state index contributed by atoms with van der Waals surface area (Å²) in [6.45, 7) is 2.44. The van der Waals surface area contributed by atoms with Gasteiger partial charge in [-0.05, 0) is 31.4 Å². The average Bonchev–Trinajstić information content (AvgIpc) is 2.63. The third-order valence-electron chi connectivity index (χ3n) is 2.55. The van der Waals surface area contributed by atoms with Crippen molar-refractivity contribution >= 4 is 23.5 Å². The van der Waals surface area contributed by atoms with Crippen molar-refractivity contribution in [1.29, 1.82) is 0 Å². The first-order chi connectivity index (χ1) is 7.58. The van der Waals surface area contributed by atoms with Crippen LogP contribution in [-0.2, 0) is 4.79 Å². The smallest absolute Gasteiger partial charge is 0.240 e. The zero-order chi connectivity index (χ0) is 11.7. The fourth-order valence-electron chi connectivity index (χ4n) is 1.87. The van der Waals surface area contributed by atoms with E-state index >= 15 is 0 Å². The lowest BCUT2D eigenvalue weighted by Crippen LogP contribution is -2.41. The van der Waals surface area contributed by atoms with E-state index in [1.165, 1.54) is 0 Å². The molecule has 1 aromatic heterocycles. The second kappa shape index (κ2) is 4.21. The molecule has 1 aliphatic rings. The van der Waals surface area contributed by atoms with Gasteiger partial charge in [-0.2, -0.15) is 9.97 Å². The molecule has 1 saturated heterocycles. The first-order valence-electron chi connectivity index (χ1n) is 5.02. The number of rotatable bonds is 2. The lowest BCUT2D eigenvalue weighted by atomic mass is 10.2. The summed E-state index contributed by atoms with van der Waals surface area (Å²) in [5.41, 5.74) is 5.32. The van der Waals surface area contributed by atoms with Crippen molar-refractivity contribution in [2.75, 3.05) is 11.4 Å². The molecule has 2 N–H and O–H groups in total. The number of anilines is 1. The van der Waals surface area contributed by atoms with Crippen LogP contribution in [-0.4, -0.2) is 33.4 Å². The molecule has 1 aliphatic heterocycles. The molecule has 0 aromatic carbocycles. The van der Waals surface area contributed by atoms with Crippen LogP contribution in [0, 0.1) is 6.92 Å². The molecule has 1 unspecified atom stereocenters. The summed E-state index contributed by atoms with van der Waals surface area (Å²) >= 11 is 5.75. The number of primary amides is 1. The Hall–Kier alpha value is -1.43. The van der Waals surface area contributed by atoms with E-state index in [1.807, 2.05) is 0 Å². The number of aromatic nitrogens is 3. The summed E-state index contributed by atoms with van der Waals surface area (Å²) in [5, 5.41) is 0.137. The maximum Gasteiger partial charge on any atom is 0.240 e. The van der Waals surface area contributed by atoms with Crippen molar-refractivity contribution in [3.63, 3.8) is 0 Å². The van der Waals surface area contributed by atoms with Crippen molar-refractivity contribution in [2.24, 2.45) is 5.73 Å². The van der Waals surface area contributed by atoms with Gasteiger partial charge in [-0.25, -0.2) is 4.98 Å². The molecule has 1 aromatic rings. The highest BCUT2D eigenvalue weighted by Crippen LogP contribution is 2.22. The number of carbonyl (C=O) groups is 1. The molecule has 2 heterocycles. The summed E-state index contributed by atoms with van der Waals surface area (Å²) in [6, 6.07) is -0.335. The predicted octanol–water partition coefficient (Wildman–Crippen LogP) is 0.288. The normalized spacial score (nSPS) is 20.1. The molecule has 0 aliphatic carbocycles. The number of hydrogen-bond acceptors (Lipinski definition) is 5. The summed E-state index contributed by atoms with van der Waals surface area (Å²) in [4.78, 5) is 25.1. The number of nitrogens with zero attached hydrogens (tertiary/aromatic N) is 4. The van der Waals surface area contributed by atoms with Crippen LogP contribution in [0.15, 0.2) is 0 Å². The van der Waals surface area contributed by atoms with E-state index in [0.29, 0.717) is 18.3 Å². The van der Waals surface area contributed by atoms with Crippen LogP contribution < -0.4 is 10.6 Å². The van der Waals surface area contributed by atoms with Crippen molar-refractivity contribution in [3.05, 3.63) is 11.1 Å². The van der Waals surface area contributed by atoms with Crippen molar-refractivity contribution in [2.45, 2.75) is 25.8 Å². The monoisotopic (exact) mass is 241 g/mol. The van der Waals surface area contributed by atoms with Crippen LogP contribution in [0.25, 0.3) is 0 Å². The minimum atomic E-state index is -0.355. The van der Waals surface area contributed by atoms with E-state index in [4.69, 9.17) is 17.3 Å². The molecule has 16 heavy (non-hydrogen) atoms. The van der Waals surface area contributed by atoms with Gasteiger partial charge in [0.25, 0.3) is 0 Å². The lowest BCUT2D eigenvalue weighted by Gasteiger charge is -2.21. The van der Waals surface area contributed by atoms with Gasteiger partial charge in [0, 0.05) is 6.54 Å². The van der Waals surface area contributed by atoms with Crippen LogP contribution in [0.4, 0.5) is 5.95 Å². The molecular weight excluding hydrogens is 230 g/mol. The standard InChI is InChI=1S/C9H12ClN5O/c1-5-12-8(10)14-9(13-5)15-4-2-3-6(15)7(11)16/h6H,2-4H2,1H3,(H2,11,16). The molecule has 1 fully saturated rings. The quantitative estimate of drug-likeness (QED) is 0.804. The highest BCUT2D eigenvalue weighted by molar-refractivity contribution is 6.28. The second-order valence-corrected chi connectivity index (χ2v) is 4.04. The first kappa shape index (κ1) is 11.1. The van der Waals surface area contributed by atoms with Crippen LogP contribution >= 0.6 is 11.6 Å². The number of halogens is 1. The largest absolute Gasteiger partial charge is 0.368 e. The molecule has 1 amide bonds. The zero-order valence-electron chi connectivity index (χ0n) is 8.85. The Morgan fingerprint density at radius 3 is 2.88 bits per heavy atom. The van der Waals surface area contributed by atoms with Gasteiger partial charge in [-0.1, -0.05) is 0 Å². The maximum absolute atomic E-state index is 11.2. The minimum Gasteiger partial charge on any atom is -0.368 e.